The third-order valence-electron chi connectivity index (χ3n) is 3.98. The van der Waals surface area contributed by atoms with Gasteiger partial charge in [0.1, 0.15) is 18.0 Å². The quantitative estimate of drug-likeness (QED) is 0.733. The highest BCUT2D eigenvalue weighted by Gasteiger charge is 2.41. The first-order valence-corrected chi connectivity index (χ1v) is 8.36. The van der Waals surface area contributed by atoms with E-state index >= 15 is 0 Å². The van der Waals surface area contributed by atoms with E-state index in [4.69, 9.17) is 25.8 Å². The Morgan fingerprint density at radius 3 is 2.65 bits per heavy atom. The minimum Gasteiger partial charge on any atom is -0.490 e. The zero-order valence-electron chi connectivity index (χ0n) is 13.7. The average Bonchev–Trinajstić information content (AvgIpc) is 3.00. The fourth-order valence-corrected chi connectivity index (χ4v) is 3.07. The Balaban J connectivity index is 2.02. The van der Waals surface area contributed by atoms with Gasteiger partial charge >= 0.3 is 0 Å². The number of carbonyl (C=O) groups excluding carboxylic acids is 1. The largest absolute Gasteiger partial charge is 0.490 e. The van der Waals surface area contributed by atoms with Crippen LogP contribution in [0.4, 0.5) is 5.69 Å². The van der Waals surface area contributed by atoms with Crippen LogP contribution >= 0.6 is 11.6 Å². The second-order valence-electron chi connectivity index (χ2n) is 5.57. The molecule has 0 spiro atoms. The van der Waals surface area contributed by atoms with Gasteiger partial charge < -0.3 is 19.5 Å². The number of halogens is 1. The summed E-state index contributed by atoms with van der Waals surface area (Å²) in [5.41, 5.74) is -0.0560. The molecule has 1 fully saturated rings. The number of anilines is 1. The van der Waals surface area contributed by atoms with Crippen molar-refractivity contribution in [3.63, 3.8) is 0 Å². The van der Waals surface area contributed by atoms with E-state index in [0.29, 0.717) is 36.3 Å². The molecule has 0 atom stereocenters. The normalized spacial score (nSPS) is 16.3. The molecule has 1 aliphatic carbocycles. The number of ether oxygens (including phenoxy) is 3. The van der Waals surface area contributed by atoms with E-state index in [1.807, 2.05) is 6.92 Å². The molecule has 1 aromatic rings. The first-order valence-electron chi connectivity index (χ1n) is 7.98. The lowest BCUT2D eigenvalue weighted by atomic mass is 10.0. The second-order valence-corrected chi connectivity index (χ2v) is 5.98. The van der Waals surface area contributed by atoms with Gasteiger partial charge in [-0.2, -0.15) is 0 Å². The predicted molar refractivity (Wildman–Crippen MR) is 90.3 cm³/mol. The molecule has 0 bridgehead atoms. The third-order valence-corrected chi connectivity index (χ3v) is 4.28. The smallest absolute Gasteiger partial charge is 0.256 e. The van der Waals surface area contributed by atoms with Crippen molar-refractivity contribution in [3.05, 3.63) is 23.2 Å². The highest BCUT2D eigenvalue weighted by Crippen LogP contribution is 2.35. The van der Waals surface area contributed by atoms with E-state index in [-0.39, 0.29) is 5.91 Å². The lowest BCUT2D eigenvalue weighted by Gasteiger charge is -2.27. The van der Waals surface area contributed by atoms with Crippen molar-refractivity contribution in [1.29, 1.82) is 0 Å². The van der Waals surface area contributed by atoms with Crippen molar-refractivity contribution in [3.8, 4) is 5.75 Å². The van der Waals surface area contributed by atoms with Crippen LogP contribution in [0.1, 0.15) is 32.6 Å². The molecule has 5 nitrogen and oxygen atoms in total. The fourth-order valence-electron chi connectivity index (χ4n) is 2.83. The van der Waals surface area contributed by atoms with Gasteiger partial charge in [-0.3, -0.25) is 4.79 Å². The second kappa shape index (κ2) is 8.52. The van der Waals surface area contributed by atoms with Gasteiger partial charge in [-0.25, -0.2) is 0 Å². The van der Waals surface area contributed by atoms with Gasteiger partial charge in [-0.05, 0) is 50.8 Å². The minimum atomic E-state index is -0.700. The number of nitrogens with one attached hydrogen (secondary N) is 1. The molecule has 1 aromatic carbocycles. The van der Waals surface area contributed by atoms with Crippen LogP contribution < -0.4 is 10.1 Å². The summed E-state index contributed by atoms with van der Waals surface area (Å²) >= 11 is 6.20. The van der Waals surface area contributed by atoms with Crippen molar-refractivity contribution in [1.82, 2.24) is 0 Å². The maximum Gasteiger partial charge on any atom is 0.256 e. The number of hydrogen-bond acceptors (Lipinski definition) is 4. The molecule has 0 saturated heterocycles. The Morgan fingerprint density at radius 1 is 1.30 bits per heavy atom. The number of hydrogen-bond donors (Lipinski definition) is 1. The monoisotopic (exact) mass is 341 g/mol. The van der Waals surface area contributed by atoms with Crippen molar-refractivity contribution in [2.24, 2.45) is 0 Å². The first-order chi connectivity index (χ1) is 11.1. The molecule has 23 heavy (non-hydrogen) atoms. The first kappa shape index (κ1) is 18.0. The molecule has 0 radical (unpaired) electrons. The topological polar surface area (TPSA) is 56.8 Å². The van der Waals surface area contributed by atoms with Crippen molar-refractivity contribution < 1.29 is 19.0 Å². The lowest BCUT2D eigenvalue weighted by molar-refractivity contribution is -0.140. The maximum atomic E-state index is 12.6. The van der Waals surface area contributed by atoms with Gasteiger partial charge in [-0.15, -0.1) is 0 Å². The Hall–Kier alpha value is -1.30. The Bertz CT molecular complexity index is 529. The number of methoxy groups -OCH3 is 1. The van der Waals surface area contributed by atoms with E-state index in [2.05, 4.69) is 5.32 Å². The van der Waals surface area contributed by atoms with Crippen LogP contribution in [0, 0.1) is 0 Å². The molecular formula is C17H24ClNO4. The molecule has 6 heteroatoms. The predicted octanol–water partition coefficient (Wildman–Crippen LogP) is 3.65. The Labute approximate surface area is 142 Å². The number of amides is 1. The molecule has 1 aliphatic rings. The van der Waals surface area contributed by atoms with E-state index in [9.17, 15) is 4.79 Å². The van der Waals surface area contributed by atoms with Crippen molar-refractivity contribution in [2.75, 3.05) is 32.2 Å². The van der Waals surface area contributed by atoms with Gasteiger partial charge in [0.15, 0.2) is 0 Å². The summed E-state index contributed by atoms with van der Waals surface area (Å²) in [6, 6.07) is 5.21. The number of benzene rings is 1. The van der Waals surface area contributed by atoms with Crippen molar-refractivity contribution in [2.45, 2.75) is 38.2 Å². The molecule has 1 saturated carbocycles. The van der Waals surface area contributed by atoms with E-state index in [1.165, 1.54) is 0 Å². The SMILES string of the molecule is CCOC1(C(=O)Nc2ccc(OCCOC)c(Cl)c2)CCCC1. The highest BCUT2D eigenvalue weighted by molar-refractivity contribution is 6.32. The zero-order valence-corrected chi connectivity index (χ0v) is 14.4. The van der Waals surface area contributed by atoms with Crippen LogP contribution in [-0.2, 0) is 14.3 Å². The summed E-state index contributed by atoms with van der Waals surface area (Å²) in [7, 11) is 1.61. The highest BCUT2D eigenvalue weighted by atomic mass is 35.5. The molecule has 0 heterocycles. The molecule has 128 valence electrons. The average molecular weight is 342 g/mol. The maximum absolute atomic E-state index is 12.6. The van der Waals surface area contributed by atoms with Crippen molar-refractivity contribution >= 4 is 23.2 Å². The van der Waals surface area contributed by atoms with E-state index in [1.54, 1.807) is 25.3 Å². The van der Waals surface area contributed by atoms with E-state index < -0.39 is 5.60 Å². The Kier molecular flexibility index (Phi) is 6.69. The summed E-state index contributed by atoms with van der Waals surface area (Å²) in [6.07, 6.45) is 3.55. The lowest BCUT2D eigenvalue weighted by Crippen LogP contribution is -2.43. The van der Waals surface area contributed by atoms with Crippen LogP contribution in [0.15, 0.2) is 18.2 Å². The van der Waals surface area contributed by atoms with Gasteiger partial charge in [0, 0.05) is 19.4 Å². The zero-order chi connectivity index (χ0) is 16.7. The fraction of sp³-hybridized carbons (Fsp3) is 0.588. The van der Waals surface area contributed by atoms with E-state index in [0.717, 1.165) is 25.7 Å². The summed E-state index contributed by atoms with van der Waals surface area (Å²) in [4.78, 5) is 12.6. The van der Waals surface area contributed by atoms with Crippen LogP contribution in [-0.4, -0.2) is 38.4 Å². The molecule has 0 aromatic heterocycles. The van der Waals surface area contributed by atoms with Gasteiger partial charge in [0.2, 0.25) is 0 Å². The molecule has 0 aliphatic heterocycles. The van der Waals surface area contributed by atoms with Crippen LogP contribution in [0.2, 0.25) is 5.02 Å². The van der Waals surface area contributed by atoms with Crippen LogP contribution in [0.3, 0.4) is 0 Å². The minimum absolute atomic E-state index is 0.0963. The molecule has 2 rings (SSSR count). The number of carbonyl (C=O) groups is 1. The molecule has 1 N–H and O–H groups in total. The molecule has 1 amide bonds. The van der Waals surface area contributed by atoms with Gasteiger partial charge in [-0.1, -0.05) is 11.6 Å². The standard InChI is InChI=1S/C17H24ClNO4/c1-3-23-17(8-4-5-9-17)16(20)19-13-6-7-15(14(18)12-13)22-11-10-21-2/h6-7,12H,3-5,8-11H2,1-2H3,(H,19,20). The van der Waals surface area contributed by atoms with Gasteiger partial charge in [0.25, 0.3) is 5.91 Å². The van der Waals surface area contributed by atoms with Crippen LogP contribution in [0.25, 0.3) is 0 Å². The van der Waals surface area contributed by atoms with Gasteiger partial charge in [0.05, 0.1) is 11.6 Å². The Morgan fingerprint density at radius 2 is 2.04 bits per heavy atom. The molecular weight excluding hydrogens is 318 g/mol. The summed E-state index contributed by atoms with van der Waals surface area (Å²) in [5.74, 6) is 0.475. The summed E-state index contributed by atoms with van der Waals surface area (Å²) in [5, 5.41) is 3.37. The molecule has 0 unspecified atom stereocenters. The van der Waals surface area contributed by atoms with Crippen LogP contribution in [0.5, 0.6) is 5.75 Å². The third kappa shape index (κ3) is 4.59. The summed E-state index contributed by atoms with van der Waals surface area (Å²) in [6.45, 7) is 3.36. The summed E-state index contributed by atoms with van der Waals surface area (Å²) < 4.78 is 16.2. The number of rotatable bonds is 8.